The Kier molecular flexibility index (Phi) is 4.46. The van der Waals surface area contributed by atoms with Gasteiger partial charge in [-0.15, -0.1) is 0 Å². The van der Waals surface area contributed by atoms with E-state index in [9.17, 15) is 0 Å². The van der Waals surface area contributed by atoms with Gasteiger partial charge >= 0.3 is 0 Å². The van der Waals surface area contributed by atoms with E-state index in [1.165, 1.54) is 49.7 Å². The van der Waals surface area contributed by atoms with Crippen LogP contribution in [0.2, 0.25) is 0 Å². The fourth-order valence-corrected chi connectivity index (χ4v) is 4.13. The minimum atomic E-state index is 1.25. The monoisotopic (exact) mass is 370 g/mol. The third-order valence-corrected chi connectivity index (χ3v) is 5.64. The number of rotatable bonds is 3. The molecule has 5 aromatic rings. The summed E-state index contributed by atoms with van der Waals surface area (Å²) < 4.78 is 0. The Balaban J connectivity index is 1.73. The summed E-state index contributed by atoms with van der Waals surface area (Å²) in [5.41, 5.74) is 8.91. The summed E-state index contributed by atoms with van der Waals surface area (Å²) in [6.45, 7) is 2.20. The van der Waals surface area contributed by atoms with E-state index in [-0.39, 0.29) is 0 Å². The molecule has 138 valence electrons. The summed E-state index contributed by atoms with van der Waals surface area (Å²) in [6, 6.07) is 41.3. The average Bonchev–Trinajstić information content (AvgIpc) is 2.80. The predicted octanol–water partition coefficient (Wildman–Crippen LogP) is 8.15. The summed E-state index contributed by atoms with van der Waals surface area (Å²) >= 11 is 0. The third kappa shape index (κ3) is 3.23. The van der Waals surface area contributed by atoms with Crippen LogP contribution in [0, 0.1) is 6.92 Å². The van der Waals surface area contributed by atoms with Gasteiger partial charge in [0.2, 0.25) is 0 Å². The molecule has 0 saturated carbocycles. The molecule has 0 amide bonds. The van der Waals surface area contributed by atoms with Crippen molar-refractivity contribution in [3.63, 3.8) is 0 Å². The fourth-order valence-electron chi connectivity index (χ4n) is 4.13. The predicted molar refractivity (Wildman–Crippen MR) is 125 cm³/mol. The largest absolute Gasteiger partial charge is 0.0622 e. The van der Waals surface area contributed by atoms with E-state index in [0.717, 1.165) is 0 Å². The lowest BCUT2D eigenvalue weighted by Gasteiger charge is -2.15. The normalized spacial score (nSPS) is 10.9. The van der Waals surface area contributed by atoms with Crippen LogP contribution in [0.5, 0.6) is 0 Å². The van der Waals surface area contributed by atoms with E-state index >= 15 is 0 Å². The van der Waals surface area contributed by atoms with Gasteiger partial charge in [-0.25, -0.2) is 0 Å². The maximum atomic E-state index is 2.33. The van der Waals surface area contributed by atoms with Crippen LogP contribution in [0.3, 0.4) is 0 Å². The zero-order valence-corrected chi connectivity index (χ0v) is 16.5. The Hall–Kier alpha value is -3.64. The van der Waals surface area contributed by atoms with Crippen molar-refractivity contribution in [2.75, 3.05) is 0 Å². The quantitative estimate of drug-likeness (QED) is 0.300. The number of hydrogen-bond donors (Lipinski definition) is 0. The first-order chi connectivity index (χ1) is 14.3. The van der Waals surface area contributed by atoms with Gasteiger partial charge in [-0.1, -0.05) is 109 Å². The number of hydrogen-bond acceptors (Lipinski definition) is 0. The van der Waals surface area contributed by atoms with Crippen LogP contribution < -0.4 is 0 Å². The maximum Gasteiger partial charge on any atom is -0.00991 e. The average molecular weight is 370 g/mol. The molecule has 29 heavy (non-hydrogen) atoms. The van der Waals surface area contributed by atoms with Gasteiger partial charge in [-0.3, -0.25) is 0 Å². The van der Waals surface area contributed by atoms with Crippen molar-refractivity contribution in [3.8, 4) is 33.4 Å². The van der Waals surface area contributed by atoms with Crippen LogP contribution in [0.1, 0.15) is 5.56 Å². The zero-order chi connectivity index (χ0) is 19.6. The molecule has 0 radical (unpaired) electrons. The van der Waals surface area contributed by atoms with E-state index < -0.39 is 0 Å². The van der Waals surface area contributed by atoms with E-state index in [2.05, 4.69) is 122 Å². The van der Waals surface area contributed by atoms with Gasteiger partial charge in [0.15, 0.2) is 0 Å². The SMILES string of the molecule is Cc1ccc(-c2ccccc2)cc1-c1ccc(-c2ccccc2)c2ccccc12. The molecule has 0 heteroatoms. The number of benzene rings is 5. The second-order valence-electron chi connectivity index (χ2n) is 7.47. The molecular formula is C29H22. The van der Waals surface area contributed by atoms with Crippen molar-refractivity contribution in [1.82, 2.24) is 0 Å². The Bertz CT molecular complexity index is 1280. The van der Waals surface area contributed by atoms with E-state index in [4.69, 9.17) is 0 Å². The smallest absolute Gasteiger partial charge is 0.00991 e. The molecule has 0 heterocycles. The summed E-state index contributed by atoms with van der Waals surface area (Å²) in [7, 11) is 0. The second kappa shape index (κ2) is 7.41. The van der Waals surface area contributed by atoms with Gasteiger partial charge in [0.1, 0.15) is 0 Å². The summed E-state index contributed by atoms with van der Waals surface area (Å²) in [5.74, 6) is 0. The highest BCUT2D eigenvalue weighted by atomic mass is 14.2. The Morgan fingerprint density at radius 3 is 1.62 bits per heavy atom. The van der Waals surface area contributed by atoms with Crippen LogP contribution >= 0.6 is 0 Å². The van der Waals surface area contributed by atoms with Gasteiger partial charge in [-0.05, 0) is 62.7 Å². The standard InChI is InChI=1S/C29H22/c1-21-16-17-24(22-10-4-2-5-11-22)20-29(21)28-19-18-25(23-12-6-3-7-13-23)26-14-8-9-15-27(26)28/h2-20H,1H3. The van der Waals surface area contributed by atoms with Crippen LogP contribution in [0.25, 0.3) is 44.2 Å². The van der Waals surface area contributed by atoms with E-state index in [0.29, 0.717) is 0 Å². The first kappa shape index (κ1) is 17.5. The van der Waals surface area contributed by atoms with Crippen molar-refractivity contribution >= 4 is 10.8 Å². The first-order valence-electron chi connectivity index (χ1n) is 10.0. The molecule has 0 saturated heterocycles. The highest BCUT2D eigenvalue weighted by molar-refractivity contribution is 6.05. The number of aryl methyl sites for hydroxylation is 1. The molecular weight excluding hydrogens is 348 g/mol. The lowest BCUT2D eigenvalue weighted by atomic mass is 9.89. The van der Waals surface area contributed by atoms with E-state index in [1.807, 2.05) is 0 Å². The first-order valence-corrected chi connectivity index (χ1v) is 10.0. The summed E-state index contributed by atoms with van der Waals surface area (Å²) in [4.78, 5) is 0. The second-order valence-corrected chi connectivity index (χ2v) is 7.47. The van der Waals surface area contributed by atoms with Crippen molar-refractivity contribution in [2.45, 2.75) is 6.92 Å². The molecule has 0 fully saturated rings. The van der Waals surface area contributed by atoms with Crippen LogP contribution in [0.4, 0.5) is 0 Å². The maximum absolute atomic E-state index is 2.33. The van der Waals surface area contributed by atoms with Gasteiger partial charge in [0.05, 0.1) is 0 Å². The molecule has 0 aliphatic heterocycles. The number of fused-ring (bicyclic) bond motifs is 1. The highest BCUT2D eigenvalue weighted by Crippen LogP contribution is 2.38. The van der Waals surface area contributed by atoms with Crippen LogP contribution in [-0.2, 0) is 0 Å². The molecule has 0 atom stereocenters. The van der Waals surface area contributed by atoms with Crippen molar-refractivity contribution < 1.29 is 0 Å². The van der Waals surface area contributed by atoms with Crippen molar-refractivity contribution in [1.29, 1.82) is 0 Å². The van der Waals surface area contributed by atoms with Crippen LogP contribution in [-0.4, -0.2) is 0 Å². The lowest BCUT2D eigenvalue weighted by molar-refractivity contribution is 1.46. The van der Waals surface area contributed by atoms with Crippen molar-refractivity contribution in [3.05, 3.63) is 121 Å². The minimum absolute atomic E-state index is 1.25. The lowest BCUT2D eigenvalue weighted by Crippen LogP contribution is -1.89. The Morgan fingerprint density at radius 2 is 0.931 bits per heavy atom. The van der Waals surface area contributed by atoms with Gasteiger partial charge in [0.25, 0.3) is 0 Å². The van der Waals surface area contributed by atoms with Crippen LogP contribution in [0.15, 0.2) is 115 Å². The Labute approximate surface area is 172 Å². The summed E-state index contributed by atoms with van der Waals surface area (Å²) in [6.07, 6.45) is 0. The highest BCUT2D eigenvalue weighted by Gasteiger charge is 2.11. The molecule has 0 aliphatic rings. The van der Waals surface area contributed by atoms with E-state index in [1.54, 1.807) is 0 Å². The fraction of sp³-hybridized carbons (Fsp3) is 0.0345. The van der Waals surface area contributed by atoms with Gasteiger partial charge in [0, 0.05) is 0 Å². The zero-order valence-electron chi connectivity index (χ0n) is 16.5. The molecule has 5 aromatic carbocycles. The molecule has 0 unspecified atom stereocenters. The molecule has 0 bridgehead atoms. The third-order valence-electron chi connectivity index (χ3n) is 5.64. The van der Waals surface area contributed by atoms with Gasteiger partial charge in [-0.2, -0.15) is 0 Å². The topological polar surface area (TPSA) is 0 Å². The van der Waals surface area contributed by atoms with Gasteiger partial charge < -0.3 is 0 Å². The Morgan fingerprint density at radius 1 is 0.379 bits per heavy atom. The minimum Gasteiger partial charge on any atom is -0.0622 e. The molecule has 0 nitrogen and oxygen atoms in total. The summed E-state index contributed by atoms with van der Waals surface area (Å²) in [5, 5.41) is 2.59. The molecule has 0 N–H and O–H groups in total. The molecule has 0 spiro atoms. The van der Waals surface area contributed by atoms with Crippen molar-refractivity contribution in [2.24, 2.45) is 0 Å². The molecule has 0 aromatic heterocycles. The molecule has 5 rings (SSSR count). The molecule has 0 aliphatic carbocycles.